The standard InChI is InChI=1S/C22H22N2O3/c1-25-20-12-6-10-17(21(20)26-2)14-24-13-7-11-19(24)22-23-18(15-27-22)16-8-4-3-5-9-16/h3-13,18H,14-15H2,1-2H3. The van der Waals surface area contributed by atoms with Crippen molar-refractivity contribution in [1.82, 2.24) is 4.57 Å². The van der Waals surface area contributed by atoms with Crippen LogP contribution in [0.3, 0.4) is 0 Å². The number of hydrogen-bond donors (Lipinski definition) is 0. The van der Waals surface area contributed by atoms with Gasteiger partial charge in [0.15, 0.2) is 11.5 Å². The van der Waals surface area contributed by atoms with Gasteiger partial charge in [-0.25, -0.2) is 4.99 Å². The average molecular weight is 362 g/mol. The van der Waals surface area contributed by atoms with E-state index < -0.39 is 0 Å². The maximum Gasteiger partial charge on any atom is 0.234 e. The van der Waals surface area contributed by atoms with Gasteiger partial charge in [-0.1, -0.05) is 42.5 Å². The first-order valence-corrected chi connectivity index (χ1v) is 8.91. The third kappa shape index (κ3) is 3.40. The Labute approximate surface area is 158 Å². The van der Waals surface area contributed by atoms with Crippen LogP contribution in [-0.2, 0) is 11.3 Å². The van der Waals surface area contributed by atoms with Gasteiger partial charge < -0.3 is 18.8 Å². The minimum Gasteiger partial charge on any atom is -0.493 e. The third-order valence-electron chi connectivity index (χ3n) is 4.71. The highest BCUT2D eigenvalue weighted by atomic mass is 16.5. The first-order valence-electron chi connectivity index (χ1n) is 8.91. The van der Waals surface area contributed by atoms with Crippen LogP contribution in [-0.4, -0.2) is 31.3 Å². The highest BCUT2D eigenvalue weighted by molar-refractivity contribution is 5.93. The number of hydrogen-bond acceptors (Lipinski definition) is 4. The highest BCUT2D eigenvalue weighted by Gasteiger charge is 2.23. The molecule has 0 fully saturated rings. The molecule has 1 unspecified atom stereocenters. The van der Waals surface area contributed by atoms with Crippen molar-refractivity contribution in [1.29, 1.82) is 0 Å². The number of rotatable bonds is 6. The fourth-order valence-corrected chi connectivity index (χ4v) is 3.37. The predicted octanol–water partition coefficient (Wildman–Crippen LogP) is 4.07. The molecular weight excluding hydrogens is 340 g/mol. The van der Waals surface area contributed by atoms with E-state index in [1.165, 1.54) is 5.56 Å². The topological polar surface area (TPSA) is 45.0 Å². The molecule has 0 radical (unpaired) electrons. The molecule has 0 bridgehead atoms. The van der Waals surface area contributed by atoms with Crippen LogP contribution in [0.4, 0.5) is 0 Å². The Hall–Kier alpha value is -3.21. The first-order chi connectivity index (χ1) is 13.3. The van der Waals surface area contributed by atoms with Crippen molar-refractivity contribution in [2.45, 2.75) is 12.6 Å². The van der Waals surface area contributed by atoms with Gasteiger partial charge in [0.05, 0.1) is 20.8 Å². The van der Waals surface area contributed by atoms with Gasteiger partial charge in [0.2, 0.25) is 5.90 Å². The molecule has 4 rings (SSSR count). The number of aliphatic imine (C=N–C) groups is 1. The molecule has 1 aliphatic heterocycles. The van der Waals surface area contributed by atoms with Crippen molar-refractivity contribution in [3.63, 3.8) is 0 Å². The van der Waals surface area contributed by atoms with Crippen molar-refractivity contribution in [3.8, 4) is 11.5 Å². The van der Waals surface area contributed by atoms with Crippen LogP contribution < -0.4 is 9.47 Å². The summed E-state index contributed by atoms with van der Waals surface area (Å²) in [6.45, 7) is 1.20. The van der Waals surface area contributed by atoms with E-state index in [1.54, 1.807) is 14.2 Å². The van der Waals surface area contributed by atoms with E-state index in [-0.39, 0.29) is 6.04 Å². The Morgan fingerprint density at radius 3 is 2.63 bits per heavy atom. The molecule has 0 saturated heterocycles. The van der Waals surface area contributed by atoms with Crippen molar-refractivity contribution in [3.05, 3.63) is 83.7 Å². The van der Waals surface area contributed by atoms with E-state index in [4.69, 9.17) is 19.2 Å². The first kappa shape index (κ1) is 17.2. The molecular formula is C22H22N2O3. The van der Waals surface area contributed by atoms with Gasteiger partial charge in [0.25, 0.3) is 0 Å². The molecule has 5 nitrogen and oxygen atoms in total. The monoisotopic (exact) mass is 362 g/mol. The van der Waals surface area contributed by atoms with E-state index in [0.29, 0.717) is 19.0 Å². The maximum absolute atomic E-state index is 5.92. The summed E-state index contributed by atoms with van der Waals surface area (Å²) in [5, 5.41) is 0. The van der Waals surface area contributed by atoms with Gasteiger partial charge in [0, 0.05) is 11.8 Å². The largest absolute Gasteiger partial charge is 0.493 e. The SMILES string of the molecule is COc1cccc(Cn2cccc2C2=NC(c3ccccc3)CO2)c1OC. The summed E-state index contributed by atoms with van der Waals surface area (Å²) in [7, 11) is 3.31. The molecule has 2 heterocycles. The Morgan fingerprint density at radius 1 is 1.00 bits per heavy atom. The van der Waals surface area contributed by atoms with Crippen LogP contribution in [0, 0.1) is 0 Å². The highest BCUT2D eigenvalue weighted by Crippen LogP contribution is 2.32. The van der Waals surface area contributed by atoms with Crippen LogP contribution in [0.2, 0.25) is 0 Å². The second-order valence-corrected chi connectivity index (χ2v) is 6.35. The fraction of sp³-hybridized carbons (Fsp3) is 0.227. The quantitative estimate of drug-likeness (QED) is 0.664. The molecule has 0 saturated carbocycles. The van der Waals surface area contributed by atoms with E-state index in [1.807, 2.05) is 54.7 Å². The molecule has 0 N–H and O–H groups in total. The normalized spacial score (nSPS) is 15.9. The summed E-state index contributed by atoms with van der Waals surface area (Å²) in [5.41, 5.74) is 3.16. The zero-order valence-corrected chi connectivity index (χ0v) is 15.5. The second kappa shape index (κ2) is 7.58. The van der Waals surface area contributed by atoms with E-state index in [0.717, 1.165) is 22.8 Å². The summed E-state index contributed by atoms with van der Waals surface area (Å²) < 4.78 is 19.0. The molecule has 2 aromatic carbocycles. The molecule has 0 aliphatic carbocycles. The Balaban J connectivity index is 1.61. The molecule has 27 heavy (non-hydrogen) atoms. The van der Waals surface area contributed by atoms with Crippen LogP contribution in [0.5, 0.6) is 11.5 Å². The zero-order valence-electron chi connectivity index (χ0n) is 15.5. The van der Waals surface area contributed by atoms with E-state index >= 15 is 0 Å². The van der Waals surface area contributed by atoms with Crippen LogP contribution in [0.1, 0.15) is 22.9 Å². The lowest BCUT2D eigenvalue weighted by molar-refractivity contribution is 0.318. The molecule has 3 aromatic rings. The lowest BCUT2D eigenvalue weighted by Crippen LogP contribution is -2.11. The Bertz CT molecular complexity index is 947. The lowest BCUT2D eigenvalue weighted by Gasteiger charge is -2.14. The molecule has 1 atom stereocenters. The molecule has 138 valence electrons. The number of benzene rings is 2. The minimum atomic E-state index is 0.0379. The van der Waals surface area contributed by atoms with Crippen LogP contribution >= 0.6 is 0 Å². The molecule has 0 amide bonds. The predicted molar refractivity (Wildman–Crippen MR) is 105 cm³/mol. The Kier molecular flexibility index (Phi) is 4.83. The van der Waals surface area contributed by atoms with Gasteiger partial charge in [-0.3, -0.25) is 0 Å². The fourth-order valence-electron chi connectivity index (χ4n) is 3.37. The summed E-state index contributed by atoms with van der Waals surface area (Å²) in [4.78, 5) is 4.80. The lowest BCUT2D eigenvalue weighted by atomic mass is 10.1. The molecule has 1 aromatic heterocycles. The number of aromatic nitrogens is 1. The summed E-state index contributed by atoms with van der Waals surface area (Å²) >= 11 is 0. The summed E-state index contributed by atoms with van der Waals surface area (Å²) in [6, 6.07) is 20.2. The number of ether oxygens (including phenoxy) is 3. The average Bonchev–Trinajstić information content (AvgIpc) is 3.37. The van der Waals surface area contributed by atoms with Gasteiger partial charge >= 0.3 is 0 Å². The van der Waals surface area contributed by atoms with Gasteiger partial charge in [-0.05, 0) is 23.8 Å². The smallest absolute Gasteiger partial charge is 0.234 e. The molecule has 0 spiro atoms. The molecule has 5 heteroatoms. The van der Waals surface area contributed by atoms with E-state index in [2.05, 4.69) is 16.7 Å². The van der Waals surface area contributed by atoms with Crippen molar-refractivity contribution in [2.75, 3.05) is 20.8 Å². The molecule has 1 aliphatic rings. The van der Waals surface area contributed by atoms with Crippen LogP contribution in [0.15, 0.2) is 71.9 Å². The van der Waals surface area contributed by atoms with Crippen molar-refractivity contribution >= 4 is 5.90 Å². The minimum absolute atomic E-state index is 0.0379. The number of nitrogens with zero attached hydrogens (tertiary/aromatic N) is 2. The van der Waals surface area contributed by atoms with Gasteiger partial charge in [-0.15, -0.1) is 0 Å². The maximum atomic E-state index is 5.92. The van der Waals surface area contributed by atoms with Crippen molar-refractivity contribution in [2.24, 2.45) is 4.99 Å². The van der Waals surface area contributed by atoms with Gasteiger partial charge in [0.1, 0.15) is 18.3 Å². The number of para-hydroxylation sites is 1. The van der Waals surface area contributed by atoms with Gasteiger partial charge in [-0.2, -0.15) is 0 Å². The van der Waals surface area contributed by atoms with Crippen molar-refractivity contribution < 1.29 is 14.2 Å². The summed E-state index contributed by atoms with van der Waals surface area (Å²) in [6.07, 6.45) is 2.02. The third-order valence-corrected chi connectivity index (χ3v) is 4.71. The Morgan fingerprint density at radius 2 is 1.85 bits per heavy atom. The van der Waals surface area contributed by atoms with E-state index in [9.17, 15) is 0 Å². The number of methoxy groups -OCH3 is 2. The zero-order chi connectivity index (χ0) is 18.6. The van der Waals surface area contributed by atoms with Crippen LogP contribution in [0.25, 0.3) is 0 Å². The summed E-state index contributed by atoms with van der Waals surface area (Å²) in [5.74, 6) is 2.15. The second-order valence-electron chi connectivity index (χ2n) is 6.35.